The van der Waals surface area contributed by atoms with Crippen LogP contribution in [-0.4, -0.2) is 57.2 Å². The number of amides is 1. The number of ether oxygens (including phenoxy) is 4. The maximum Gasteiger partial charge on any atom is 0.245 e. The number of fused-ring (bicyclic) bond motifs is 7. The molecule has 2 aromatic rings. The summed E-state index contributed by atoms with van der Waals surface area (Å²) >= 11 is 0. The van der Waals surface area contributed by atoms with Crippen molar-refractivity contribution in [2.45, 2.75) is 31.5 Å². The molecule has 5 rings (SSSR count). The molecule has 0 N–H and O–H groups in total. The Bertz CT molecular complexity index is 1140. The molecular weight excluding hydrogens is 408 g/mol. The maximum atomic E-state index is 13.8. The van der Waals surface area contributed by atoms with E-state index >= 15 is 0 Å². The first-order chi connectivity index (χ1) is 15.5. The summed E-state index contributed by atoms with van der Waals surface area (Å²) in [6, 6.07) is 7.03. The van der Waals surface area contributed by atoms with Crippen LogP contribution in [0.3, 0.4) is 0 Å². The van der Waals surface area contributed by atoms with Crippen LogP contribution >= 0.6 is 0 Å². The third-order valence-electron chi connectivity index (χ3n) is 7.11. The summed E-state index contributed by atoms with van der Waals surface area (Å²) in [4.78, 5) is 17.9. The molecule has 0 spiro atoms. The zero-order valence-electron chi connectivity index (χ0n) is 19.3. The number of benzene rings is 2. The van der Waals surface area contributed by atoms with E-state index in [1.807, 2.05) is 36.2 Å². The van der Waals surface area contributed by atoms with Crippen molar-refractivity contribution in [3.63, 3.8) is 0 Å². The van der Waals surface area contributed by atoms with E-state index in [1.165, 1.54) is 0 Å². The fourth-order valence-corrected chi connectivity index (χ4v) is 5.63. The summed E-state index contributed by atoms with van der Waals surface area (Å²) in [6.45, 7) is 2.05. The third-order valence-corrected chi connectivity index (χ3v) is 7.11. The van der Waals surface area contributed by atoms with Gasteiger partial charge in [0.05, 0.1) is 46.6 Å². The molecule has 0 radical (unpaired) electrons. The van der Waals surface area contributed by atoms with Crippen LogP contribution in [0.25, 0.3) is 6.08 Å². The number of carbonyl (C=O) groups is 1. The standard InChI is InChI=1S/C25H28N2O5/c1-13-22-14(18(29-3)7-9-20(22)31-5)11-16-24-23-15(19(30-4)8-10-21(23)32-6)12-17(26(24)2)25(28)27(13)16/h7-11,13,17,24H,12H2,1-6H3/t13-,17-,24-/m1/s1. The lowest BCUT2D eigenvalue weighted by atomic mass is 9.78. The second kappa shape index (κ2) is 7.45. The fourth-order valence-electron chi connectivity index (χ4n) is 5.63. The van der Waals surface area contributed by atoms with Gasteiger partial charge in [0, 0.05) is 34.4 Å². The van der Waals surface area contributed by atoms with Crippen molar-refractivity contribution < 1.29 is 23.7 Å². The van der Waals surface area contributed by atoms with Crippen molar-refractivity contribution >= 4 is 12.0 Å². The lowest BCUT2D eigenvalue weighted by molar-refractivity contribution is -0.143. The van der Waals surface area contributed by atoms with Gasteiger partial charge in [0.1, 0.15) is 23.0 Å². The Kier molecular flexibility index (Phi) is 4.82. The Morgan fingerprint density at radius 1 is 0.844 bits per heavy atom. The van der Waals surface area contributed by atoms with E-state index in [4.69, 9.17) is 18.9 Å². The number of methoxy groups -OCH3 is 4. The highest BCUT2D eigenvalue weighted by Gasteiger charge is 2.51. The minimum Gasteiger partial charge on any atom is -0.496 e. The van der Waals surface area contributed by atoms with E-state index in [0.29, 0.717) is 6.42 Å². The molecular formula is C25H28N2O5. The van der Waals surface area contributed by atoms with Gasteiger partial charge in [-0.15, -0.1) is 0 Å². The molecule has 2 aromatic carbocycles. The average Bonchev–Trinajstić information content (AvgIpc) is 2.80. The van der Waals surface area contributed by atoms with Gasteiger partial charge in [-0.25, -0.2) is 0 Å². The van der Waals surface area contributed by atoms with E-state index in [-0.39, 0.29) is 24.0 Å². The molecule has 3 aliphatic rings. The molecule has 2 bridgehead atoms. The number of rotatable bonds is 4. The molecule has 1 amide bonds. The van der Waals surface area contributed by atoms with E-state index < -0.39 is 0 Å². The fraction of sp³-hybridized carbons (Fsp3) is 0.400. The van der Waals surface area contributed by atoms with Crippen molar-refractivity contribution in [1.82, 2.24) is 9.80 Å². The highest BCUT2D eigenvalue weighted by Crippen LogP contribution is 2.54. The molecule has 3 atom stereocenters. The second-order valence-corrected chi connectivity index (χ2v) is 8.40. The monoisotopic (exact) mass is 436 g/mol. The molecule has 1 fully saturated rings. The van der Waals surface area contributed by atoms with Crippen molar-refractivity contribution in [2.75, 3.05) is 35.5 Å². The number of piperazine rings is 1. The van der Waals surface area contributed by atoms with Crippen LogP contribution in [0.5, 0.6) is 23.0 Å². The highest BCUT2D eigenvalue weighted by atomic mass is 16.5. The van der Waals surface area contributed by atoms with E-state index in [0.717, 1.165) is 50.9 Å². The molecule has 168 valence electrons. The molecule has 0 aliphatic carbocycles. The maximum absolute atomic E-state index is 13.8. The lowest BCUT2D eigenvalue weighted by Crippen LogP contribution is -2.59. The van der Waals surface area contributed by atoms with Crippen LogP contribution in [0, 0.1) is 0 Å². The van der Waals surface area contributed by atoms with E-state index in [1.54, 1.807) is 28.4 Å². The van der Waals surface area contributed by atoms with Gasteiger partial charge in [-0.05, 0) is 44.3 Å². The second-order valence-electron chi connectivity index (χ2n) is 8.40. The summed E-state index contributed by atoms with van der Waals surface area (Å²) in [5.41, 5.74) is 4.90. The minimum absolute atomic E-state index is 0.0774. The predicted molar refractivity (Wildman–Crippen MR) is 120 cm³/mol. The van der Waals surface area contributed by atoms with Crippen molar-refractivity contribution in [3.8, 4) is 23.0 Å². The van der Waals surface area contributed by atoms with Crippen molar-refractivity contribution in [3.05, 3.63) is 52.2 Å². The van der Waals surface area contributed by atoms with Gasteiger partial charge < -0.3 is 23.8 Å². The van der Waals surface area contributed by atoms with Crippen molar-refractivity contribution in [1.29, 1.82) is 0 Å². The quantitative estimate of drug-likeness (QED) is 0.730. The summed E-state index contributed by atoms with van der Waals surface area (Å²) in [7, 11) is 8.68. The Hall–Kier alpha value is -3.19. The van der Waals surface area contributed by atoms with Crippen LogP contribution in [0.15, 0.2) is 30.0 Å². The van der Waals surface area contributed by atoms with Crippen LogP contribution in [-0.2, 0) is 11.2 Å². The average molecular weight is 437 g/mol. The van der Waals surface area contributed by atoms with Gasteiger partial charge in [-0.1, -0.05) is 0 Å². The molecule has 0 saturated carbocycles. The first-order valence-corrected chi connectivity index (χ1v) is 10.7. The van der Waals surface area contributed by atoms with Crippen LogP contribution < -0.4 is 18.9 Å². The van der Waals surface area contributed by atoms with Gasteiger partial charge in [0.15, 0.2) is 0 Å². The van der Waals surface area contributed by atoms with E-state index in [2.05, 4.69) is 17.9 Å². The normalized spacial score (nSPS) is 23.6. The minimum atomic E-state index is -0.286. The van der Waals surface area contributed by atoms with Crippen molar-refractivity contribution in [2.24, 2.45) is 0 Å². The zero-order valence-corrected chi connectivity index (χ0v) is 19.3. The van der Waals surface area contributed by atoms with Gasteiger partial charge in [0.2, 0.25) is 5.91 Å². The Morgan fingerprint density at radius 2 is 1.41 bits per heavy atom. The van der Waals surface area contributed by atoms with Crippen LogP contribution in [0.1, 0.15) is 41.3 Å². The van der Waals surface area contributed by atoms with Crippen LogP contribution in [0.2, 0.25) is 0 Å². The molecule has 0 unspecified atom stereocenters. The zero-order chi connectivity index (χ0) is 22.7. The summed E-state index contributed by atoms with van der Waals surface area (Å²) in [5.74, 6) is 3.16. The molecule has 1 saturated heterocycles. The Morgan fingerprint density at radius 3 is 2.03 bits per heavy atom. The third kappa shape index (κ3) is 2.60. The first-order valence-electron chi connectivity index (χ1n) is 10.7. The smallest absolute Gasteiger partial charge is 0.245 e. The van der Waals surface area contributed by atoms with Gasteiger partial charge in [-0.2, -0.15) is 0 Å². The number of nitrogens with zero attached hydrogens (tertiary/aromatic N) is 2. The largest absolute Gasteiger partial charge is 0.496 e. The molecule has 7 nitrogen and oxygen atoms in total. The number of hydrogen-bond acceptors (Lipinski definition) is 6. The molecule has 32 heavy (non-hydrogen) atoms. The summed E-state index contributed by atoms with van der Waals surface area (Å²) in [6.07, 6.45) is 2.64. The Balaban J connectivity index is 1.81. The topological polar surface area (TPSA) is 60.5 Å². The van der Waals surface area contributed by atoms with Gasteiger partial charge in [0.25, 0.3) is 0 Å². The molecule has 3 heterocycles. The van der Waals surface area contributed by atoms with Gasteiger partial charge in [-0.3, -0.25) is 9.69 Å². The Labute approximate surface area is 188 Å². The number of hydrogen-bond donors (Lipinski definition) is 0. The van der Waals surface area contributed by atoms with Gasteiger partial charge >= 0.3 is 0 Å². The lowest BCUT2D eigenvalue weighted by Gasteiger charge is -2.53. The SMILES string of the molecule is COc1ccc(OC)c2c1C=C1[C@@H]3c4c(OC)ccc(OC)c4C[C@H](C(=O)N1[C@@H]2C)N3C. The first kappa shape index (κ1) is 20.7. The highest BCUT2D eigenvalue weighted by molar-refractivity contribution is 5.90. The number of likely N-dealkylation sites (N-methyl/N-ethyl adjacent to an activating group) is 1. The molecule has 7 heteroatoms. The predicted octanol–water partition coefficient (Wildman–Crippen LogP) is 3.58. The summed E-state index contributed by atoms with van der Waals surface area (Å²) < 4.78 is 22.8. The summed E-state index contributed by atoms with van der Waals surface area (Å²) in [5, 5.41) is 0. The molecule has 0 aromatic heterocycles. The van der Waals surface area contributed by atoms with Crippen LogP contribution in [0.4, 0.5) is 0 Å². The molecule has 3 aliphatic heterocycles. The number of carbonyl (C=O) groups excluding carboxylic acids is 1. The van der Waals surface area contributed by atoms with E-state index in [9.17, 15) is 4.79 Å².